The predicted octanol–water partition coefficient (Wildman–Crippen LogP) is 3.77. The van der Waals surface area contributed by atoms with Gasteiger partial charge in [0.1, 0.15) is 0 Å². The number of rotatable bonds is 7. The molecule has 182 valence electrons. The zero-order valence-corrected chi connectivity index (χ0v) is 20.3. The normalized spacial score (nSPS) is 24.1. The van der Waals surface area contributed by atoms with Crippen LogP contribution >= 0.6 is 0 Å². The first-order valence-electron chi connectivity index (χ1n) is 12.6. The number of hydrogen-bond donors (Lipinski definition) is 2. The van der Waals surface area contributed by atoms with Gasteiger partial charge in [-0.05, 0) is 43.1 Å². The molecule has 2 aliphatic rings. The summed E-state index contributed by atoms with van der Waals surface area (Å²) in [6.07, 6.45) is 0.881. The lowest BCUT2D eigenvalue weighted by Crippen LogP contribution is -2.49. The molecule has 0 unspecified atom stereocenters. The summed E-state index contributed by atoms with van der Waals surface area (Å²) in [5.74, 6) is -0.292. The van der Waals surface area contributed by atoms with Crippen LogP contribution in [0.4, 0.5) is 0 Å². The zero-order chi connectivity index (χ0) is 24.5. The number of carbonyl (C=O) groups is 1. The quantitative estimate of drug-likeness (QED) is 0.550. The Morgan fingerprint density at radius 3 is 2.40 bits per heavy atom. The minimum atomic E-state index is -0.432. The molecule has 6 heteroatoms. The van der Waals surface area contributed by atoms with Crippen LogP contribution in [0.3, 0.4) is 0 Å². The Labute approximate surface area is 206 Å². The van der Waals surface area contributed by atoms with Crippen LogP contribution < -0.4 is 10.9 Å². The summed E-state index contributed by atoms with van der Waals surface area (Å²) in [6, 6.07) is 23.0. The molecule has 35 heavy (non-hydrogen) atoms. The molecule has 5 rings (SSSR count). The Balaban J connectivity index is 1.47. The largest absolute Gasteiger partial charge is 0.396 e. The number of aliphatic hydroxyl groups excluding tert-OH is 1. The molecule has 6 nitrogen and oxygen atoms in total. The maximum atomic E-state index is 13.6. The van der Waals surface area contributed by atoms with Crippen LogP contribution in [0.15, 0.2) is 77.6 Å². The van der Waals surface area contributed by atoms with Gasteiger partial charge in [0.05, 0.1) is 18.1 Å². The molecule has 3 heterocycles. The van der Waals surface area contributed by atoms with Crippen LogP contribution in [0.5, 0.6) is 0 Å². The molecular formula is C29H33N3O3. The molecule has 1 saturated heterocycles. The number of aromatic nitrogens is 1. The highest BCUT2D eigenvalue weighted by atomic mass is 16.3. The molecule has 0 bridgehead atoms. The third-order valence-electron chi connectivity index (χ3n) is 7.68. The number of nitrogens with zero attached hydrogens (tertiary/aromatic N) is 2. The summed E-state index contributed by atoms with van der Waals surface area (Å²) >= 11 is 0. The van der Waals surface area contributed by atoms with E-state index in [9.17, 15) is 14.7 Å². The molecule has 0 aliphatic carbocycles. The van der Waals surface area contributed by atoms with Crippen LogP contribution in [0.1, 0.15) is 43.6 Å². The van der Waals surface area contributed by atoms with Gasteiger partial charge >= 0.3 is 0 Å². The minimum Gasteiger partial charge on any atom is -0.396 e. The highest BCUT2D eigenvalue weighted by Crippen LogP contribution is 2.49. The molecule has 2 aromatic carbocycles. The number of hydrogen-bond acceptors (Lipinski definition) is 4. The summed E-state index contributed by atoms with van der Waals surface area (Å²) < 4.78 is 1.86. The van der Waals surface area contributed by atoms with E-state index in [1.54, 1.807) is 0 Å². The second-order valence-corrected chi connectivity index (χ2v) is 9.73. The smallest absolute Gasteiger partial charge is 0.258 e. The fourth-order valence-electron chi connectivity index (χ4n) is 6.09. The fourth-order valence-corrected chi connectivity index (χ4v) is 6.09. The van der Waals surface area contributed by atoms with Crippen molar-refractivity contribution in [1.82, 2.24) is 14.8 Å². The molecule has 2 aliphatic heterocycles. The monoisotopic (exact) mass is 471 g/mol. The van der Waals surface area contributed by atoms with Crippen molar-refractivity contribution >= 4 is 5.91 Å². The van der Waals surface area contributed by atoms with Crippen molar-refractivity contribution in [2.75, 3.05) is 13.2 Å². The highest BCUT2D eigenvalue weighted by Gasteiger charge is 2.55. The van der Waals surface area contributed by atoms with Crippen molar-refractivity contribution in [3.05, 3.63) is 94.4 Å². The van der Waals surface area contributed by atoms with E-state index in [4.69, 9.17) is 0 Å². The number of fused-ring (bicyclic) bond motifs is 3. The van der Waals surface area contributed by atoms with Crippen LogP contribution in [-0.4, -0.2) is 39.7 Å². The van der Waals surface area contributed by atoms with Gasteiger partial charge < -0.3 is 15.0 Å². The van der Waals surface area contributed by atoms with Gasteiger partial charge in [-0.2, -0.15) is 0 Å². The van der Waals surface area contributed by atoms with E-state index >= 15 is 0 Å². The number of aliphatic hydroxyl groups is 1. The van der Waals surface area contributed by atoms with Gasteiger partial charge in [0, 0.05) is 36.2 Å². The molecule has 1 amide bonds. The van der Waals surface area contributed by atoms with Crippen molar-refractivity contribution in [2.45, 2.75) is 44.9 Å². The summed E-state index contributed by atoms with van der Waals surface area (Å²) in [5.41, 5.74) is 3.57. The van der Waals surface area contributed by atoms with Crippen molar-refractivity contribution < 1.29 is 9.90 Å². The van der Waals surface area contributed by atoms with Crippen LogP contribution in [0.2, 0.25) is 0 Å². The average Bonchev–Trinajstić information content (AvgIpc) is 3.41. The maximum Gasteiger partial charge on any atom is 0.258 e. The van der Waals surface area contributed by atoms with Gasteiger partial charge in [-0.15, -0.1) is 0 Å². The van der Waals surface area contributed by atoms with Crippen LogP contribution in [-0.2, 0) is 11.3 Å². The molecule has 0 saturated carbocycles. The predicted molar refractivity (Wildman–Crippen MR) is 137 cm³/mol. The Morgan fingerprint density at radius 2 is 1.74 bits per heavy atom. The van der Waals surface area contributed by atoms with Crippen molar-refractivity contribution in [1.29, 1.82) is 0 Å². The van der Waals surface area contributed by atoms with Gasteiger partial charge in [-0.3, -0.25) is 14.5 Å². The lowest BCUT2D eigenvalue weighted by Gasteiger charge is -2.31. The summed E-state index contributed by atoms with van der Waals surface area (Å²) in [5, 5.41) is 13.6. The van der Waals surface area contributed by atoms with Gasteiger partial charge in [0.25, 0.3) is 5.56 Å². The first-order valence-corrected chi connectivity index (χ1v) is 12.6. The number of carbonyl (C=O) groups excluding carboxylic acids is 1. The Bertz CT molecular complexity index is 1240. The minimum absolute atomic E-state index is 0.00469. The third-order valence-corrected chi connectivity index (χ3v) is 7.68. The zero-order valence-electron chi connectivity index (χ0n) is 20.3. The molecule has 0 radical (unpaired) electrons. The lowest BCUT2D eigenvalue weighted by molar-refractivity contribution is -0.128. The van der Waals surface area contributed by atoms with Crippen LogP contribution in [0, 0.1) is 11.8 Å². The first kappa shape index (κ1) is 23.5. The number of pyridine rings is 1. The number of likely N-dealkylation sites (tertiary alicyclic amines) is 1. The molecule has 1 fully saturated rings. The second kappa shape index (κ2) is 9.80. The Morgan fingerprint density at radius 1 is 1.06 bits per heavy atom. The van der Waals surface area contributed by atoms with Gasteiger partial charge in [-0.25, -0.2) is 0 Å². The van der Waals surface area contributed by atoms with Gasteiger partial charge in [0.15, 0.2) is 0 Å². The van der Waals surface area contributed by atoms with Crippen LogP contribution in [0.25, 0.3) is 11.1 Å². The summed E-state index contributed by atoms with van der Waals surface area (Å²) in [4.78, 5) is 29.3. The average molecular weight is 472 g/mol. The molecule has 3 aromatic rings. The number of amides is 1. The molecular weight excluding hydrogens is 438 g/mol. The summed E-state index contributed by atoms with van der Waals surface area (Å²) in [6.45, 7) is 5.24. The maximum absolute atomic E-state index is 13.6. The number of nitrogens with one attached hydrogen (secondary N) is 1. The highest BCUT2D eigenvalue weighted by molar-refractivity contribution is 5.83. The number of benzene rings is 2. The first-order chi connectivity index (χ1) is 17.0. The van der Waals surface area contributed by atoms with E-state index < -0.39 is 6.04 Å². The lowest BCUT2D eigenvalue weighted by atomic mass is 9.88. The fraction of sp³-hybridized carbons (Fsp3) is 0.379. The summed E-state index contributed by atoms with van der Waals surface area (Å²) in [7, 11) is 0. The second-order valence-electron chi connectivity index (χ2n) is 9.73. The van der Waals surface area contributed by atoms with Gasteiger partial charge in [0.2, 0.25) is 5.91 Å². The van der Waals surface area contributed by atoms with E-state index in [2.05, 4.69) is 17.1 Å². The third kappa shape index (κ3) is 4.11. The molecule has 0 spiro atoms. The SMILES string of the molecule is CCCN1[C@@H]2c3ccc(-c4ccccc4)c(=O)n3C[C@@H]2[C@@H](CO)[C@@H]1C(=O)N[C@@H](C)c1ccccc1. The standard InChI is InChI=1S/C29H33N3O3/c1-3-16-31-26-23(17-32-25(26)15-14-22(29(32)35)21-12-8-5-9-13-21)24(18-33)27(31)28(34)30-19(2)20-10-6-4-7-11-20/h4-15,19,23-24,26-27,33H,3,16-18H2,1-2H3,(H,30,34)/t19-,23+,24+,26-,27+/m0/s1. The molecule has 5 atom stereocenters. The van der Waals surface area contributed by atoms with Crippen molar-refractivity contribution in [3.63, 3.8) is 0 Å². The van der Waals surface area contributed by atoms with Gasteiger partial charge in [-0.1, -0.05) is 67.6 Å². The van der Waals surface area contributed by atoms with E-state index in [1.165, 1.54) is 0 Å². The molecule has 2 N–H and O–H groups in total. The van der Waals surface area contributed by atoms with E-state index in [-0.39, 0.29) is 42.0 Å². The van der Waals surface area contributed by atoms with E-state index in [0.29, 0.717) is 12.1 Å². The van der Waals surface area contributed by atoms with Crippen molar-refractivity contribution in [3.8, 4) is 11.1 Å². The molecule has 1 aromatic heterocycles. The Hall–Kier alpha value is -3.22. The van der Waals surface area contributed by atoms with Crippen molar-refractivity contribution in [2.24, 2.45) is 11.8 Å². The topological polar surface area (TPSA) is 74.6 Å². The van der Waals surface area contributed by atoms with E-state index in [0.717, 1.165) is 29.8 Å². The van der Waals surface area contributed by atoms with E-state index in [1.807, 2.05) is 84.3 Å². The Kier molecular flexibility index (Phi) is 6.58.